The lowest BCUT2D eigenvalue weighted by molar-refractivity contribution is -0.385. The highest BCUT2D eigenvalue weighted by molar-refractivity contribution is 5.83. The van der Waals surface area contributed by atoms with Crippen molar-refractivity contribution in [3.05, 3.63) is 64.2 Å². The fourth-order valence-electron chi connectivity index (χ4n) is 2.80. The minimum atomic E-state index is -4.75. The number of alkyl halides is 3. The van der Waals surface area contributed by atoms with Crippen LogP contribution >= 0.6 is 0 Å². The van der Waals surface area contributed by atoms with Gasteiger partial charge < -0.3 is 9.64 Å². The molecule has 1 atom stereocenters. The highest BCUT2D eigenvalue weighted by Crippen LogP contribution is 2.40. The fraction of sp³-hybridized carbons (Fsp3) is 0.176. The normalized spacial score (nSPS) is 16.5. The molecule has 1 unspecified atom stereocenters. The second-order valence-corrected chi connectivity index (χ2v) is 5.48. The van der Waals surface area contributed by atoms with Gasteiger partial charge in [-0.2, -0.15) is 0 Å². The zero-order valence-corrected chi connectivity index (χ0v) is 13.0. The summed E-state index contributed by atoms with van der Waals surface area (Å²) < 4.78 is 40.7. The molecular formula is C17H13F3N2O3. The average molecular weight is 350 g/mol. The molecule has 0 spiro atoms. The highest BCUT2D eigenvalue weighted by Gasteiger charge is 2.31. The lowest BCUT2D eigenvalue weighted by Gasteiger charge is -2.33. The number of nitrogens with zero attached hydrogens (tertiary/aromatic N) is 2. The van der Waals surface area contributed by atoms with Crippen molar-refractivity contribution >= 4 is 23.1 Å². The van der Waals surface area contributed by atoms with E-state index >= 15 is 0 Å². The van der Waals surface area contributed by atoms with Gasteiger partial charge in [-0.3, -0.25) is 10.1 Å². The number of halogens is 3. The van der Waals surface area contributed by atoms with Gasteiger partial charge in [0.2, 0.25) is 0 Å². The first-order valence-corrected chi connectivity index (χ1v) is 7.37. The maximum absolute atomic E-state index is 12.3. The van der Waals surface area contributed by atoms with Gasteiger partial charge in [0.25, 0.3) is 5.69 Å². The molecule has 130 valence electrons. The fourth-order valence-corrected chi connectivity index (χ4v) is 2.80. The van der Waals surface area contributed by atoms with Gasteiger partial charge in [-0.25, -0.2) is 0 Å². The Balaban J connectivity index is 2.00. The van der Waals surface area contributed by atoms with Crippen LogP contribution in [0.25, 0.3) is 6.08 Å². The first kappa shape index (κ1) is 16.8. The quantitative estimate of drug-likeness (QED) is 0.574. The van der Waals surface area contributed by atoms with Crippen LogP contribution in [0.3, 0.4) is 0 Å². The molecule has 0 saturated carbocycles. The van der Waals surface area contributed by atoms with E-state index in [4.69, 9.17) is 0 Å². The van der Waals surface area contributed by atoms with E-state index in [0.717, 1.165) is 0 Å². The maximum Gasteiger partial charge on any atom is 0.573 e. The second-order valence-electron chi connectivity index (χ2n) is 5.48. The van der Waals surface area contributed by atoms with Crippen LogP contribution in [0.4, 0.5) is 30.2 Å². The molecule has 0 N–H and O–H groups in total. The van der Waals surface area contributed by atoms with Crippen molar-refractivity contribution in [1.29, 1.82) is 0 Å². The molecule has 5 nitrogen and oxygen atoms in total. The van der Waals surface area contributed by atoms with Crippen molar-refractivity contribution in [3.63, 3.8) is 0 Å². The highest BCUT2D eigenvalue weighted by atomic mass is 19.4. The van der Waals surface area contributed by atoms with Crippen molar-refractivity contribution in [2.24, 2.45) is 0 Å². The van der Waals surface area contributed by atoms with Crippen LogP contribution in [0.15, 0.2) is 48.5 Å². The van der Waals surface area contributed by atoms with Crippen molar-refractivity contribution in [1.82, 2.24) is 0 Å². The lowest BCUT2D eigenvalue weighted by atomic mass is 10.0. The molecule has 0 bridgehead atoms. The summed E-state index contributed by atoms with van der Waals surface area (Å²) in [6, 6.07) is 10.0. The van der Waals surface area contributed by atoms with Crippen LogP contribution in [0, 0.1) is 10.1 Å². The van der Waals surface area contributed by atoms with Gasteiger partial charge in [-0.15, -0.1) is 13.2 Å². The summed E-state index contributed by atoms with van der Waals surface area (Å²) >= 11 is 0. The van der Waals surface area contributed by atoms with Crippen molar-refractivity contribution in [2.75, 3.05) is 4.90 Å². The number of nitro groups is 1. The Kier molecular flexibility index (Phi) is 4.12. The third-order valence-corrected chi connectivity index (χ3v) is 3.81. The average Bonchev–Trinajstić information content (AvgIpc) is 2.53. The van der Waals surface area contributed by atoms with E-state index in [1.165, 1.54) is 30.3 Å². The molecule has 2 aromatic carbocycles. The Bertz CT molecular complexity index is 832. The van der Waals surface area contributed by atoms with Crippen LogP contribution in [0.1, 0.15) is 12.5 Å². The molecular weight excluding hydrogens is 337 g/mol. The van der Waals surface area contributed by atoms with E-state index in [1.807, 2.05) is 11.8 Å². The molecule has 3 rings (SSSR count). The van der Waals surface area contributed by atoms with Gasteiger partial charge in [0.1, 0.15) is 5.75 Å². The summed E-state index contributed by atoms with van der Waals surface area (Å²) in [7, 11) is 0. The number of fused-ring (bicyclic) bond motifs is 1. The number of benzene rings is 2. The van der Waals surface area contributed by atoms with Crippen LogP contribution in [-0.2, 0) is 0 Å². The largest absolute Gasteiger partial charge is 0.573 e. The lowest BCUT2D eigenvalue weighted by Crippen LogP contribution is -2.29. The number of anilines is 2. The van der Waals surface area contributed by atoms with Crippen LogP contribution in [0.2, 0.25) is 0 Å². The SMILES string of the molecule is CC1C=Cc2c(cccc2[N+](=O)[O-])N1c1ccc(OC(F)(F)F)cc1. The number of hydrogen-bond acceptors (Lipinski definition) is 4. The van der Waals surface area contributed by atoms with E-state index in [0.29, 0.717) is 16.9 Å². The molecule has 0 fully saturated rings. The maximum atomic E-state index is 12.3. The van der Waals surface area contributed by atoms with Gasteiger partial charge in [0.05, 0.1) is 16.2 Å². The summed E-state index contributed by atoms with van der Waals surface area (Å²) in [5.41, 5.74) is 1.66. The Labute approximate surface area is 141 Å². The first-order valence-electron chi connectivity index (χ1n) is 7.37. The third-order valence-electron chi connectivity index (χ3n) is 3.81. The van der Waals surface area contributed by atoms with E-state index in [1.54, 1.807) is 24.3 Å². The minimum Gasteiger partial charge on any atom is -0.406 e. The minimum absolute atomic E-state index is 0.0253. The Morgan fingerprint density at radius 1 is 1.16 bits per heavy atom. The first-order chi connectivity index (χ1) is 11.8. The third kappa shape index (κ3) is 3.42. The second kappa shape index (κ2) is 6.12. The zero-order valence-electron chi connectivity index (χ0n) is 13.0. The summed E-state index contributed by atoms with van der Waals surface area (Å²) in [4.78, 5) is 12.6. The van der Waals surface area contributed by atoms with Crippen molar-refractivity contribution in [2.45, 2.75) is 19.3 Å². The van der Waals surface area contributed by atoms with Crippen molar-refractivity contribution in [3.8, 4) is 5.75 Å². The summed E-state index contributed by atoms with van der Waals surface area (Å²) in [6.07, 6.45) is -1.26. The van der Waals surface area contributed by atoms with Gasteiger partial charge in [-0.05, 0) is 43.3 Å². The van der Waals surface area contributed by atoms with Gasteiger partial charge in [-0.1, -0.05) is 12.1 Å². The van der Waals surface area contributed by atoms with E-state index < -0.39 is 11.3 Å². The predicted molar refractivity (Wildman–Crippen MR) is 86.9 cm³/mol. The Morgan fingerprint density at radius 2 is 1.84 bits per heavy atom. The summed E-state index contributed by atoms with van der Waals surface area (Å²) in [5.74, 6) is -0.323. The standard InChI is InChI=1S/C17H13F3N2O3/c1-11-5-10-14-15(3-2-4-16(14)22(23)24)21(11)12-6-8-13(9-7-12)25-17(18,19)20/h2-11H,1H3. The van der Waals surface area contributed by atoms with E-state index in [9.17, 15) is 23.3 Å². The van der Waals surface area contributed by atoms with Gasteiger partial charge >= 0.3 is 6.36 Å². The van der Waals surface area contributed by atoms with Crippen molar-refractivity contribution < 1.29 is 22.8 Å². The Hall–Kier alpha value is -3.03. The number of rotatable bonds is 3. The summed E-state index contributed by atoms with van der Waals surface area (Å²) in [6.45, 7) is 1.89. The van der Waals surface area contributed by atoms with Crippen LogP contribution in [0.5, 0.6) is 5.75 Å². The Morgan fingerprint density at radius 3 is 2.44 bits per heavy atom. The number of hydrogen-bond donors (Lipinski definition) is 0. The van der Waals surface area contributed by atoms with E-state index in [2.05, 4.69) is 4.74 Å². The number of ether oxygens (including phenoxy) is 1. The molecule has 0 saturated heterocycles. The molecule has 0 amide bonds. The molecule has 0 aliphatic carbocycles. The summed E-state index contributed by atoms with van der Waals surface area (Å²) in [5, 5.41) is 11.2. The predicted octanol–water partition coefficient (Wildman–Crippen LogP) is 5.05. The van der Waals surface area contributed by atoms with Gasteiger partial charge in [0, 0.05) is 17.8 Å². The molecule has 25 heavy (non-hydrogen) atoms. The molecule has 2 aromatic rings. The molecule has 8 heteroatoms. The molecule has 1 aliphatic heterocycles. The zero-order chi connectivity index (χ0) is 18.2. The molecule has 1 heterocycles. The molecule has 1 aliphatic rings. The monoisotopic (exact) mass is 350 g/mol. The number of nitro benzene ring substituents is 1. The smallest absolute Gasteiger partial charge is 0.406 e. The molecule has 0 aromatic heterocycles. The van der Waals surface area contributed by atoms with Crippen LogP contribution < -0.4 is 9.64 Å². The van der Waals surface area contributed by atoms with Gasteiger partial charge in [0.15, 0.2) is 0 Å². The van der Waals surface area contributed by atoms with Crippen LogP contribution in [-0.4, -0.2) is 17.3 Å². The topological polar surface area (TPSA) is 55.6 Å². The molecule has 0 radical (unpaired) electrons. The van der Waals surface area contributed by atoms with E-state index in [-0.39, 0.29) is 17.5 Å².